The zero-order chi connectivity index (χ0) is 26.3. The topological polar surface area (TPSA) is 96.4 Å². The maximum atomic E-state index is 13.4. The highest BCUT2D eigenvalue weighted by atomic mass is 19.4. The molecule has 12 heteroatoms. The second-order valence-corrected chi connectivity index (χ2v) is 10.5. The summed E-state index contributed by atoms with van der Waals surface area (Å²) in [6.07, 6.45) is -4.78. The second kappa shape index (κ2) is 7.95. The molecule has 2 aromatic carbocycles. The molecule has 1 saturated carbocycles. The van der Waals surface area contributed by atoms with E-state index >= 15 is 0 Å². The van der Waals surface area contributed by atoms with Crippen molar-refractivity contribution >= 4 is 33.8 Å². The number of likely N-dealkylation sites (tertiary alicyclic amines) is 2. The second-order valence-electron chi connectivity index (χ2n) is 10.5. The first-order chi connectivity index (χ1) is 18.2. The summed E-state index contributed by atoms with van der Waals surface area (Å²) in [6.45, 7) is 2.56. The Morgan fingerprint density at radius 2 is 1.53 bits per heavy atom. The summed E-state index contributed by atoms with van der Waals surface area (Å²) < 4.78 is 43.6. The van der Waals surface area contributed by atoms with Gasteiger partial charge in [0.05, 0.1) is 0 Å². The number of nitrogens with zero attached hydrogens (tertiary/aromatic N) is 5. The van der Waals surface area contributed by atoms with E-state index in [1.807, 2.05) is 9.80 Å². The number of rotatable bonds is 3. The monoisotopic (exact) mass is 528 g/mol. The Balaban J connectivity index is 0.00000161. The summed E-state index contributed by atoms with van der Waals surface area (Å²) >= 11 is 0. The van der Waals surface area contributed by atoms with Gasteiger partial charge in [-0.2, -0.15) is 15.4 Å². The van der Waals surface area contributed by atoms with Gasteiger partial charge in [-0.25, -0.2) is 0 Å². The Kier molecular flexibility index (Phi) is 4.83. The van der Waals surface area contributed by atoms with Gasteiger partial charge in [0.2, 0.25) is 0 Å². The fourth-order valence-corrected chi connectivity index (χ4v) is 6.75. The molecular formula is C26H27F3N6O3. The molecule has 2 aromatic heterocycles. The maximum absolute atomic E-state index is 13.4. The SMILES string of the molecule is Cn1c(C(=O)N2CC3C(C2)[C@@H]2CN(C(=O)c4ccc5n[nH]nc5c4)C[C@H]32)cc2cc(OC(F)(F)F)ccc21.[HH].[HH]. The number of ether oxygens (including phenoxy) is 1. The van der Waals surface area contributed by atoms with Crippen molar-refractivity contribution in [2.24, 2.45) is 30.7 Å². The largest absolute Gasteiger partial charge is 0.573 e. The number of aryl methyl sites for hydroxylation is 1. The molecule has 7 rings (SSSR count). The van der Waals surface area contributed by atoms with Crippen LogP contribution in [0.1, 0.15) is 23.7 Å². The van der Waals surface area contributed by atoms with Crippen molar-refractivity contribution in [1.29, 1.82) is 0 Å². The highest BCUT2D eigenvalue weighted by molar-refractivity contribution is 5.99. The number of aromatic amines is 1. The first-order valence-electron chi connectivity index (χ1n) is 12.4. The third-order valence-corrected chi connectivity index (χ3v) is 8.53. The van der Waals surface area contributed by atoms with Crippen molar-refractivity contribution in [2.75, 3.05) is 26.2 Å². The van der Waals surface area contributed by atoms with Gasteiger partial charge >= 0.3 is 6.36 Å². The van der Waals surface area contributed by atoms with Crippen LogP contribution in [0.15, 0.2) is 42.5 Å². The third-order valence-electron chi connectivity index (χ3n) is 8.53. The number of carbonyl (C=O) groups excluding carboxylic acids is 2. The third kappa shape index (κ3) is 3.53. The van der Waals surface area contributed by atoms with Gasteiger partial charge in [-0.15, -0.1) is 13.2 Å². The van der Waals surface area contributed by atoms with Crippen LogP contribution in [-0.2, 0) is 7.05 Å². The van der Waals surface area contributed by atoms with Crippen LogP contribution in [0.25, 0.3) is 21.9 Å². The molecule has 200 valence electrons. The smallest absolute Gasteiger partial charge is 0.406 e. The zero-order valence-corrected chi connectivity index (χ0v) is 20.3. The molecule has 2 aliphatic heterocycles. The fraction of sp³-hybridized carbons (Fsp3) is 0.385. The van der Waals surface area contributed by atoms with Crippen LogP contribution in [0, 0.1) is 23.7 Å². The van der Waals surface area contributed by atoms with Gasteiger partial charge in [0.25, 0.3) is 11.8 Å². The number of alkyl halides is 3. The van der Waals surface area contributed by atoms with E-state index in [2.05, 4.69) is 20.1 Å². The van der Waals surface area contributed by atoms with E-state index in [4.69, 9.17) is 0 Å². The van der Waals surface area contributed by atoms with Crippen LogP contribution in [0.4, 0.5) is 13.2 Å². The predicted octanol–water partition coefficient (Wildman–Crippen LogP) is 3.93. The number of hydrogen-bond acceptors (Lipinski definition) is 5. The van der Waals surface area contributed by atoms with Gasteiger partial charge in [-0.05, 0) is 66.1 Å². The Bertz CT molecular complexity index is 1600. The lowest BCUT2D eigenvalue weighted by Gasteiger charge is -2.42. The molecule has 0 spiro atoms. The van der Waals surface area contributed by atoms with Crippen LogP contribution in [0.5, 0.6) is 5.75 Å². The highest BCUT2D eigenvalue weighted by Gasteiger charge is 2.59. The van der Waals surface area contributed by atoms with Crippen LogP contribution in [0.3, 0.4) is 0 Å². The van der Waals surface area contributed by atoms with Crippen LogP contribution < -0.4 is 4.74 Å². The average Bonchev–Trinajstić information content (AvgIpc) is 3.64. The first-order valence-corrected chi connectivity index (χ1v) is 12.4. The van der Waals surface area contributed by atoms with Crippen molar-refractivity contribution < 1.29 is 30.4 Å². The molecule has 3 fully saturated rings. The minimum Gasteiger partial charge on any atom is -0.406 e. The van der Waals surface area contributed by atoms with Gasteiger partial charge in [0, 0.05) is 52.5 Å². The summed E-state index contributed by atoms with van der Waals surface area (Å²) in [5, 5.41) is 11.2. The minimum absolute atomic E-state index is 0. The molecule has 2 unspecified atom stereocenters. The molecule has 4 atom stereocenters. The number of aromatic nitrogens is 4. The van der Waals surface area contributed by atoms with Gasteiger partial charge in [0.15, 0.2) is 0 Å². The van der Waals surface area contributed by atoms with Crippen molar-refractivity contribution in [3.8, 4) is 5.75 Å². The molecule has 3 aliphatic rings. The van der Waals surface area contributed by atoms with E-state index in [1.54, 1.807) is 35.9 Å². The van der Waals surface area contributed by atoms with E-state index in [-0.39, 0.29) is 20.4 Å². The van der Waals surface area contributed by atoms with Crippen molar-refractivity contribution in [3.05, 3.63) is 53.7 Å². The number of nitrogens with one attached hydrogen (secondary N) is 1. The van der Waals surface area contributed by atoms with Gasteiger partial charge in [-0.3, -0.25) is 9.59 Å². The quantitative estimate of drug-likeness (QED) is 0.435. The van der Waals surface area contributed by atoms with Crippen LogP contribution >= 0.6 is 0 Å². The lowest BCUT2D eigenvalue weighted by Crippen LogP contribution is -2.44. The van der Waals surface area contributed by atoms with Gasteiger partial charge in [-0.1, -0.05) is 0 Å². The molecular weight excluding hydrogens is 501 g/mol. The number of benzene rings is 2. The molecule has 2 saturated heterocycles. The lowest BCUT2D eigenvalue weighted by atomic mass is 9.60. The summed E-state index contributed by atoms with van der Waals surface area (Å²) in [5.41, 5.74) is 3.04. The molecule has 1 N–H and O–H groups in total. The molecule has 0 radical (unpaired) electrons. The van der Waals surface area contributed by atoms with E-state index in [1.165, 1.54) is 18.2 Å². The number of hydrogen-bond donors (Lipinski definition) is 1. The van der Waals surface area contributed by atoms with Gasteiger partial charge < -0.3 is 19.1 Å². The van der Waals surface area contributed by atoms with Crippen molar-refractivity contribution in [3.63, 3.8) is 0 Å². The summed E-state index contributed by atoms with van der Waals surface area (Å²) in [4.78, 5) is 30.4. The normalized spacial score (nSPS) is 24.5. The first kappa shape index (κ1) is 23.1. The predicted molar refractivity (Wildman–Crippen MR) is 133 cm³/mol. The molecule has 1 aliphatic carbocycles. The highest BCUT2D eigenvalue weighted by Crippen LogP contribution is 2.54. The van der Waals surface area contributed by atoms with E-state index < -0.39 is 6.36 Å². The summed E-state index contributed by atoms with van der Waals surface area (Å²) in [5.74, 6) is 0.909. The number of halogens is 3. The van der Waals surface area contributed by atoms with Crippen LogP contribution in [-0.4, -0.2) is 74.1 Å². The number of carbonyl (C=O) groups is 2. The average molecular weight is 529 g/mol. The zero-order valence-electron chi connectivity index (χ0n) is 20.3. The van der Waals surface area contributed by atoms with Gasteiger partial charge in [0.1, 0.15) is 22.5 Å². The molecule has 2 amide bonds. The molecule has 0 bridgehead atoms. The number of fused-ring (bicyclic) bond motifs is 6. The van der Waals surface area contributed by atoms with Crippen LogP contribution in [0.2, 0.25) is 0 Å². The molecule has 4 aromatic rings. The maximum Gasteiger partial charge on any atom is 0.573 e. The van der Waals surface area contributed by atoms with E-state index in [0.29, 0.717) is 83.0 Å². The summed E-state index contributed by atoms with van der Waals surface area (Å²) in [7, 11) is 1.74. The number of H-pyrrole nitrogens is 1. The lowest BCUT2D eigenvalue weighted by molar-refractivity contribution is -0.274. The standard InChI is InChI=1S/C26H23F3N6O3.2H2/c1-33-22-5-3-15(38-26(27,28)29)6-14(22)8-23(33)25(37)35-11-18-16-9-34(10-17(16)19(18)12-35)24(36)13-2-4-20-21(7-13)31-32-30-20;;/h2-8,16-19H,9-12H2,1H3,(H,30,31,32);2*1H/t16-,17+,18?,19?;;. The number of amides is 2. The molecule has 4 heterocycles. The minimum atomic E-state index is -4.78. The Morgan fingerprint density at radius 3 is 2.18 bits per heavy atom. The Labute approximate surface area is 217 Å². The van der Waals surface area contributed by atoms with Crippen molar-refractivity contribution in [2.45, 2.75) is 6.36 Å². The van der Waals surface area contributed by atoms with Crippen molar-refractivity contribution in [1.82, 2.24) is 29.8 Å². The molecule has 38 heavy (non-hydrogen) atoms. The summed E-state index contributed by atoms with van der Waals surface area (Å²) in [6, 6.07) is 11.0. The van der Waals surface area contributed by atoms with E-state index in [0.717, 1.165) is 0 Å². The Hall–Kier alpha value is -4.09. The fourth-order valence-electron chi connectivity index (χ4n) is 6.75. The Morgan fingerprint density at radius 1 is 0.895 bits per heavy atom. The van der Waals surface area contributed by atoms with E-state index in [9.17, 15) is 22.8 Å². The molecule has 9 nitrogen and oxygen atoms in total.